The highest BCUT2D eigenvalue weighted by Gasteiger charge is 2.01. The number of hydrogen-bond acceptors (Lipinski definition) is 4. The topological polar surface area (TPSA) is 72.5 Å². The number of hydrogen-bond donors (Lipinski definition) is 2. The van der Waals surface area contributed by atoms with E-state index in [2.05, 4.69) is 13.8 Å². The predicted molar refractivity (Wildman–Crippen MR) is 122 cm³/mol. The third kappa shape index (κ3) is 30.1. The Morgan fingerprint density at radius 3 is 1.46 bits per heavy atom. The minimum Gasteiger partial charge on any atom is -0.463 e. The fourth-order valence-electron chi connectivity index (χ4n) is 3.09. The summed E-state index contributed by atoms with van der Waals surface area (Å²) in [4.78, 5) is 11.1. The van der Waals surface area contributed by atoms with Gasteiger partial charge in [0, 0.05) is 6.42 Å². The maximum absolute atomic E-state index is 11.1. The smallest absolute Gasteiger partial charge is 0.305 e. The van der Waals surface area contributed by atoms with E-state index in [4.69, 9.17) is 15.6 Å². The van der Waals surface area contributed by atoms with E-state index >= 15 is 0 Å². The molecular formula is C24H51NO3. The molecule has 0 fully saturated rings. The molecule has 0 aromatic rings. The standard InChI is InChI=1S/C14H28O3.C10H23N/c1-2-3-4-5-6-7-8-9-10-11-14(16)17-13-12-15;1-2-3-4-5-6-7-8-9-10-11/h15H,2-13H2,1H3;2-11H2,1H3. The Labute approximate surface area is 176 Å². The second-order valence-electron chi connectivity index (χ2n) is 7.79. The predicted octanol–water partition coefficient (Wildman–Crippen LogP) is 6.53. The highest BCUT2D eigenvalue weighted by atomic mass is 16.5. The molecule has 0 aliphatic heterocycles. The third-order valence-corrected chi connectivity index (χ3v) is 4.90. The molecule has 0 aromatic carbocycles. The molecule has 0 heterocycles. The molecule has 0 aliphatic rings. The van der Waals surface area contributed by atoms with E-state index in [1.807, 2.05) is 0 Å². The van der Waals surface area contributed by atoms with Gasteiger partial charge in [0.2, 0.25) is 0 Å². The van der Waals surface area contributed by atoms with Crippen LogP contribution in [-0.2, 0) is 9.53 Å². The summed E-state index contributed by atoms with van der Waals surface area (Å²) in [6, 6.07) is 0. The van der Waals surface area contributed by atoms with Crippen LogP contribution in [0.5, 0.6) is 0 Å². The van der Waals surface area contributed by atoms with E-state index in [0.717, 1.165) is 19.4 Å². The van der Waals surface area contributed by atoms with Crippen molar-refractivity contribution >= 4 is 5.97 Å². The minimum atomic E-state index is -0.179. The van der Waals surface area contributed by atoms with Crippen molar-refractivity contribution in [1.82, 2.24) is 0 Å². The molecule has 0 atom stereocenters. The van der Waals surface area contributed by atoms with Gasteiger partial charge in [0.15, 0.2) is 0 Å². The number of nitrogens with two attached hydrogens (primary N) is 1. The van der Waals surface area contributed by atoms with Gasteiger partial charge in [0.1, 0.15) is 6.61 Å². The third-order valence-electron chi connectivity index (χ3n) is 4.90. The van der Waals surface area contributed by atoms with Crippen LogP contribution in [0.25, 0.3) is 0 Å². The molecule has 0 rings (SSSR count). The first-order chi connectivity index (χ1) is 13.7. The Morgan fingerprint density at radius 2 is 1.07 bits per heavy atom. The minimum absolute atomic E-state index is 0.0799. The van der Waals surface area contributed by atoms with Crippen LogP contribution in [0.4, 0.5) is 0 Å². The number of aliphatic hydroxyl groups is 1. The summed E-state index contributed by atoms with van der Waals surface area (Å²) in [5.41, 5.74) is 5.39. The number of unbranched alkanes of at least 4 members (excludes halogenated alkanes) is 15. The first kappa shape index (κ1) is 29.6. The molecule has 0 spiro atoms. The van der Waals surface area contributed by atoms with Crippen molar-refractivity contribution in [3.8, 4) is 0 Å². The number of aliphatic hydroxyl groups excluding tert-OH is 1. The summed E-state index contributed by atoms with van der Waals surface area (Å²) in [7, 11) is 0. The maximum atomic E-state index is 11.1. The average molecular weight is 402 g/mol. The van der Waals surface area contributed by atoms with Gasteiger partial charge >= 0.3 is 5.97 Å². The zero-order valence-electron chi connectivity index (χ0n) is 19.2. The molecule has 0 bridgehead atoms. The molecule has 0 unspecified atom stereocenters. The van der Waals surface area contributed by atoms with Crippen LogP contribution in [0.1, 0.15) is 129 Å². The summed E-state index contributed by atoms with van der Waals surface area (Å²) < 4.78 is 4.77. The zero-order valence-corrected chi connectivity index (χ0v) is 19.2. The normalized spacial score (nSPS) is 10.4. The summed E-state index contributed by atoms with van der Waals surface area (Å²) in [6.07, 6.45) is 22.7. The number of carbonyl (C=O) groups excluding carboxylic acids is 1. The Bertz CT molecular complexity index is 277. The molecule has 0 amide bonds. The number of rotatable bonds is 20. The average Bonchev–Trinajstić information content (AvgIpc) is 2.71. The van der Waals surface area contributed by atoms with Crippen LogP contribution in [0.15, 0.2) is 0 Å². The monoisotopic (exact) mass is 401 g/mol. The van der Waals surface area contributed by atoms with Crippen molar-refractivity contribution < 1.29 is 14.6 Å². The Kier molecular flexibility index (Phi) is 30.2. The Balaban J connectivity index is 0. The molecule has 0 saturated heterocycles. The van der Waals surface area contributed by atoms with Crippen LogP contribution in [0.2, 0.25) is 0 Å². The van der Waals surface area contributed by atoms with Gasteiger partial charge in [-0.2, -0.15) is 0 Å². The van der Waals surface area contributed by atoms with Crippen LogP contribution in [0, 0.1) is 0 Å². The molecule has 28 heavy (non-hydrogen) atoms. The van der Waals surface area contributed by atoms with Crippen LogP contribution in [-0.4, -0.2) is 30.8 Å². The van der Waals surface area contributed by atoms with Gasteiger partial charge in [0.05, 0.1) is 6.61 Å². The van der Waals surface area contributed by atoms with Gasteiger partial charge < -0.3 is 15.6 Å². The quantitative estimate of drug-likeness (QED) is 0.180. The SMILES string of the molecule is CCCCCCCCCCCC(=O)OCCO.CCCCCCCCCCN. The summed E-state index contributed by atoms with van der Waals surface area (Å²) in [6.45, 7) is 5.42. The lowest BCUT2D eigenvalue weighted by Crippen LogP contribution is -2.07. The molecule has 3 N–H and O–H groups in total. The molecular weight excluding hydrogens is 350 g/mol. The molecule has 0 aliphatic carbocycles. The van der Waals surface area contributed by atoms with Crippen LogP contribution < -0.4 is 5.73 Å². The highest BCUT2D eigenvalue weighted by molar-refractivity contribution is 5.69. The van der Waals surface area contributed by atoms with Crippen molar-refractivity contribution in [2.45, 2.75) is 129 Å². The highest BCUT2D eigenvalue weighted by Crippen LogP contribution is 2.10. The summed E-state index contributed by atoms with van der Waals surface area (Å²) >= 11 is 0. The van der Waals surface area contributed by atoms with Crippen molar-refractivity contribution in [2.24, 2.45) is 5.73 Å². The lowest BCUT2D eigenvalue weighted by Gasteiger charge is -2.03. The fraction of sp³-hybridized carbons (Fsp3) is 0.958. The van der Waals surface area contributed by atoms with Gasteiger partial charge in [0.25, 0.3) is 0 Å². The van der Waals surface area contributed by atoms with Gasteiger partial charge in [-0.05, 0) is 19.4 Å². The zero-order chi connectivity index (χ0) is 21.1. The van der Waals surface area contributed by atoms with Crippen molar-refractivity contribution in [3.05, 3.63) is 0 Å². The number of carbonyl (C=O) groups is 1. The maximum Gasteiger partial charge on any atom is 0.305 e. The molecule has 170 valence electrons. The number of esters is 1. The lowest BCUT2D eigenvalue weighted by atomic mass is 10.1. The molecule has 0 aromatic heterocycles. The van der Waals surface area contributed by atoms with E-state index in [-0.39, 0.29) is 19.2 Å². The van der Waals surface area contributed by atoms with E-state index in [0.29, 0.717) is 6.42 Å². The largest absolute Gasteiger partial charge is 0.463 e. The lowest BCUT2D eigenvalue weighted by molar-refractivity contribution is -0.144. The molecule has 4 nitrogen and oxygen atoms in total. The van der Waals surface area contributed by atoms with Crippen molar-refractivity contribution in [3.63, 3.8) is 0 Å². The second-order valence-corrected chi connectivity index (χ2v) is 7.79. The van der Waals surface area contributed by atoms with Crippen molar-refractivity contribution in [1.29, 1.82) is 0 Å². The fourth-order valence-corrected chi connectivity index (χ4v) is 3.09. The molecule has 4 heteroatoms. The van der Waals surface area contributed by atoms with Gasteiger partial charge in [-0.3, -0.25) is 4.79 Å². The summed E-state index contributed by atoms with van der Waals surface area (Å²) in [5.74, 6) is -0.179. The number of ether oxygens (including phenoxy) is 1. The molecule has 0 radical (unpaired) electrons. The first-order valence-electron chi connectivity index (χ1n) is 12.2. The summed E-state index contributed by atoms with van der Waals surface area (Å²) in [5, 5.41) is 8.47. The van der Waals surface area contributed by atoms with Gasteiger partial charge in [-0.15, -0.1) is 0 Å². The van der Waals surface area contributed by atoms with E-state index in [1.165, 1.54) is 96.3 Å². The van der Waals surface area contributed by atoms with Crippen LogP contribution >= 0.6 is 0 Å². The van der Waals surface area contributed by atoms with E-state index in [1.54, 1.807) is 0 Å². The van der Waals surface area contributed by atoms with E-state index < -0.39 is 0 Å². The second kappa shape index (κ2) is 28.6. The van der Waals surface area contributed by atoms with Gasteiger partial charge in [-0.1, -0.05) is 110 Å². The molecule has 0 saturated carbocycles. The van der Waals surface area contributed by atoms with Crippen LogP contribution in [0.3, 0.4) is 0 Å². The Hall–Kier alpha value is -0.610. The Morgan fingerprint density at radius 1 is 0.679 bits per heavy atom. The van der Waals surface area contributed by atoms with Crippen molar-refractivity contribution in [2.75, 3.05) is 19.8 Å². The van der Waals surface area contributed by atoms with E-state index in [9.17, 15) is 4.79 Å². The first-order valence-corrected chi connectivity index (χ1v) is 12.2. The van der Waals surface area contributed by atoms with Gasteiger partial charge in [-0.25, -0.2) is 0 Å².